The molecule has 7 heteroatoms. The molecule has 0 aromatic rings. The van der Waals surface area contributed by atoms with E-state index in [1.54, 1.807) is 0 Å². The van der Waals surface area contributed by atoms with Gasteiger partial charge in [0.05, 0.1) is 18.5 Å². The number of nitrogens with one attached hydrogen (secondary N) is 1. The van der Waals surface area contributed by atoms with Crippen LogP contribution in [0.3, 0.4) is 0 Å². The molecule has 20 heavy (non-hydrogen) atoms. The van der Waals surface area contributed by atoms with Crippen LogP contribution in [0.5, 0.6) is 0 Å². The molecule has 2 aliphatic heterocycles. The van der Waals surface area contributed by atoms with Gasteiger partial charge in [-0.15, -0.1) is 0 Å². The van der Waals surface area contributed by atoms with Gasteiger partial charge in [0.2, 0.25) is 10.0 Å². The Balaban J connectivity index is 1.36. The summed E-state index contributed by atoms with van der Waals surface area (Å²) >= 11 is 0. The van der Waals surface area contributed by atoms with Gasteiger partial charge in [0.1, 0.15) is 0 Å². The Labute approximate surface area is 120 Å². The minimum absolute atomic E-state index is 0.0407. The molecule has 0 aromatic carbocycles. The SMILES string of the molecule is O=S(=O)(NC1CCN(CCC2OCCO2)CC1)C1CC1. The second-order valence-corrected chi connectivity index (χ2v) is 7.93. The highest BCUT2D eigenvalue weighted by molar-refractivity contribution is 7.90. The lowest BCUT2D eigenvalue weighted by Gasteiger charge is -2.32. The van der Waals surface area contributed by atoms with E-state index in [2.05, 4.69) is 9.62 Å². The molecule has 0 atom stereocenters. The molecule has 0 spiro atoms. The molecule has 0 amide bonds. The number of hydrogen-bond acceptors (Lipinski definition) is 5. The number of likely N-dealkylation sites (tertiary alicyclic amines) is 1. The summed E-state index contributed by atoms with van der Waals surface area (Å²) in [5.74, 6) is 0. The van der Waals surface area contributed by atoms with Crippen molar-refractivity contribution >= 4 is 10.0 Å². The van der Waals surface area contributed by atoms with Crippen molar-refractivity contribution in [3.63, 3.8) is 0 Å². The maximum atomic E-state index is 11.9. The predicted molar refractivity (Wildman–Crippen MR) is 74.8 cm³/mol. The number of nitrogens with zero attached hydrogens (tertiary/aromatic N) is 1. The molecular formula is C13H24N2O4S. The zero-order chi connectivity index (χ0) is 14.0. The highest BCUT2D eigenvalue weighted by Gasteiger charge is 2.37. The second-order valence-electron chi connectivity index (χ2n) is 5.94. The van der Waals surface area contributed by atoms with Crippen LogP contribution < -0.4 is 4.72 Å². The molecule has 3 fully saturated rings. The van der Waals surface area contributed by atoms with Gasteiger partial charge in [-0.3, -0.25) is 0 Å². The maximum absolute atomic E-state index is 11.9. The average molecular weight is 304 g/mol. The van der Waals surface area contributed by atoms with Gasteiger partial charge < -0.3 is 14.4 Å². The van der Waals surface area contributed by atoms with Crippen molar-refractivity contribution in [2.75, 3.05) is 32.8 Å². The van der Waals surface area contributed by atoms with Crippen molar-refractivity contribution in [3.05, 3.63) is 0 Å². The lowest BCUT2D eigenvalue weighted by atomic mass is 10.1. The quantitative estimate of drug-likeness (QED) is 0.764. The van der Waals surface area contributed by atoms with E-state index in [9.17, 15) is 8.42 Å². The van der Waals surface area contributed by atoms with Gasteiger partial charge >= 0.3 is 0 Å². The first kappa shape index (κ1) is 14.7. The van der Waals surface area contributed by atoms with E-state index >= 15 is 0 Å². The van der Waals surface area contributed by atoms with Gasteiger partial charge in [-0.2, -0.15) is 0 Å². The average Bonchev–Trinajstić information content (AvgIpc) is 3.17. The fourth-order valence-electron chi connectivity index (χ4n) is 2.84. The van der Waals surface area contributed by atoms with Crippen molar-refractivity contribution < 1.29 is 17.9 Å². The Hall–Kier alpha value is -0.210. The maximum Gasteiger partial charge on any atom is 0.214 e. The number of rotatable bonds is 6. The minimum atomic E-state index is -3.04. The Bertz CT molecular complexity index is 410. The van der Waals surface area contributed by atoms with Gasteiger partial charge in [-0.25, -0.2) is 13.1 Å². The normalized spacial score (nSPS) is 27.2. The standard InChI is InChI=1S/C13H24N2O4S/c16-20(17,12-1-2-12)14-11-3-6-15(7-4-11)8-5-13-18-9-10-19-13/h11-14H,1-10H2. The number of piperidine rings is 1. The third-order valence-electron chi connectivity index (χ3n) is 4.25. The van der Waals surface area contributed by atoms with E-state index in [0.29, 0.717) is 13.2 Å². The number of ether oxygens (including phenoxy) is 2. The van der Waals surface area contributed by atoms with Crippen molar-refractivity contribution in [3.8, 4) is 0 Å². The molecule has 0 aromatic heterocycles. The Morgan fingerprint density at radius 1 is 1.05 bits per heavy atom. The molecule has 1 N–H and O–H groups in total. The van der Waals surface area contributed by atoms with Crippen molar-refractivity contribution in [2.45, 2.75) is 49.7 Å². The topological polar surface area (TPSA) is 67.9 Å². The Morgan fingerprint density at radius 2 is 1.70 bits per heavy atom. The van der Waals surface area contributed by atoms with Gasteiger partial charge in [-0.05, 0) is 38.8 Å². The van der Waals surface area contributed by atoms with Crippen LogP contribution >= 0.6 is 0 Å². The fraction of sp³-hybridized carbons (Fsp3) is 1.00. The van der Waals surface area contributed by atoms with E-state index in [0.717, 1.165) is 51.7 Å². The molecule has 3 aliphatic rings. The van der Waals surface area contributed by atoms with Crippen LogP contribution in [0.1, 0.15) is 32.1 Å². The summed E-state index contributed by atoms with van der Waals surface area (Å²) in [6, 6.07) is 0.121. The van der Waals surface area contributed by atoms with Crippen LogP contribution in [-0.2, 0) is 19.5 Å². The van der Waals surface area contributed by atoms with Crippen LogP contribution in [0.15, 0.2) is 0 Å². The van der Waals surface area contributed by atoms with Crippen molar-refractivity contribution in [1.29, 1.82) is 0 Å². The van der Waals surface area contributed by atoms with E-state index in [1.807, 2.05) is 0 Å². The van der Waals surface area contributed by atoms with E-state index in [-0.39, 0.29) is 17.6 Å². The lowest BCUT2D eigenvalue weighted by molar-refractivity contribution is -0.0523. The van der Waals surface area contributed by atoms with E-state index in [4.69, 9.17) is 9.47 Å². The molecule has 116 valence electrons. The molecule has 3 rings (SSSR count). The smallest absolute Gasteiger partial charge is 0.214 e. The summed E-state index contributed by atoms with van der Waals surface area (Å²) in [5.41, 5.74) is 0. The van der Waals surface area contributed by atoms with Crippen molar-refractivity contribution in [1.82, 2.24) is 9.62 Å². The number of sulfonamides is 1. The van der Waals surface area contributed by atoms with E-state index in [1.165, 1.54) is 0 Å². The zero-order valence-electron chi connectivity index (χ0n) is 11.8. The number of hydrogen-bond donors (Lipinski definition) is 1. The molecule has 2 heterocycles. The third kappa shape index (κ3) is 3.92. The summed E-state index contributed by atoms with van der Waals surface area (Å²) in [5, 5.41) is -0.114. The van der Waals surface area contributed by atoms with Gasteiger partial charge in [-0.1, -0.05) is 0 Å². The summed E-state index contributed by atoms with van der Waals surface area (Å²) in [6.45, 7) is 4.27. The van der Waals surface area contributed by atoms with Crippen molar-refractivity contribution in [2.24, 2.45) is 0 Å². The molecule has 2 saturated heterocycles. The molecular weight excluding hydrogens is 280 g/mol. The third-order valence-corrected chi connectivity index (χ3v) is 6.26. The first-order valence-electron chi connectivity index (χ1n) is 7.60. The molecule has 0 radical (unpaired) electrons. The highest BCUT2D eigenvalue weighted by Crippen LogP contribution is 2.28. The Kier molecular flexibility index (Phi) is 4.62. The Morgan fingerprint density at radius 3 is 2.30 bits per heavy atom. The summed E-state index contributed by atoms with van der Waals surface area (Å²) in [4.78, 5) is 2.37. The first-order valence-corrected chi connectivity index (χ1v) is 9.15. The monoisotopic (exact) mass is 304 g/mol. The van der Waals surface area contributed by atoms with Gasteiger partial charge in [0, 0.05) is 19.0 Å². The highest BCUT2D eigenvalue weighted by atomic mass is 32.2. The molecule has 1 aliphatic carbocycles. The van der Waals surface area contributed by atoms with Crippen LogP contribution in [-0.4, -0.2) is 63.7 Å². The van der Waals surface area contributed by atoms with Gasteiger partial charge in [0.15, 0.2) is 6.29 Å². The summed E-state index contributed by atoms with van der Waals surface area (Å²) in [7, 11) is -3.04. The minimum Gasteiger partial charge on any atom is -0.350 e. The molecule has 0 unspecified atom stereocenters. The van der Waals surface area contributed by atoms with Crippen LogP contribution in [0.25, 0.3) is 0 Å². The lowest BCUT2D eigenvalue weighted by Crippen LogP contribution is -2.46. The van der Waals surface area contributed by atoms with E-state index < -0.39 is 10.0 Å². The van der Waals surface area contributed by atoms with Crippen LogP contribution in [0.4, 0.5) is 0 Å². The molecule has 1 saturated carbocycles. The van der Waals surface area contributed by atoms with Crippen LogP contribution in [0.2, 0.25) is 0 Å². The van der Waals surface area contributed by atoms with Gasteiger partial charge in [0.25, 0.3) is 0 Å². The summed E-state index contributed by atoms with van der Waals surface area (Å²) < 4.78 is 37.5. The second kappa shape index (κ2) is 6.27. The zero-order valence-corrected chi connectivity index (χ0v) is 12.6. The van der Waals surface area contributed by atoms with Crippen LogP contribution in [0, 0.1) is 0 Å². The summed E-state index contributed by atoms with van der Waals surface area (Å²) in [6.07, 6.45) is 4.32. The largest absolute Gasteiger partial charge is 0.350 e. The predicted octanol–water partition coefficient (Wildman–Crippen LogP) is 0.296. The molecule has 0 bridgehead atoms. The first-order chi connectivity index (χ1) is 9.63. The molecule has 6 nitrogen and oxygen atoms in total. The fourth-order valence-corrected chi connectivity index (χ4v) is 4.49.